The Labute approximate surface area is 312 Å². The molecule has 4 heterocycles. The van der Waals surface area contributed by atoms with Gasteiger partial charge in [0.15, 0.2) is 0 Å². The summed E-state index contributed by atoms with van der Waals surface area (Å²) in [5, 5.41) is 5.16. The molecule has 0 bridgehead atoms. The number of aromatic amines is 2. The SMILES string of the molecule is COC(=O)NCC(=O)N1CCC[C@H]1c1ncc(-c2ccc(-c3ccc(-c4cnc([C@@H]5CCCN5C(=O)[C@H](NC(=O)OC)c5ccccc5)[nH]4)cc3)cc2)[nH]1. The summed E-state index contributed by atoms with van der Waals surface area (Å²) < 4.78 is 9.39. The van der Waals surface area contributed by atoms with Crippen molar-refractivity contribution in [2.24, 2.45) is 0 Å². The molecule has 2 saturated heterocycles. The van der Waals surface area contributed by atoms with Crippen LogP contribution >= 0.6 is 0 Å². The molecule has 14 heteroatoms. The number of amides is 4. The maximum absolute atomic E-state index is 13.8. The number of benzene rings is 3. The number of hydrogen-bond donors (Lipinski definition) is 4. The number of likely N-dealkylation sites (tertiary alicyclic amines) is 2. The van der Waals surface area contributed by atoms with E-state index in [9.17, 15) is 19.2 Å². The number of carbonyl (C=O) groups is 4. The van der Waals surface area contributed by atoms with E-state index in [0.717, 1.165) is 65.1 Å². The number of methoxy groups -OCH3 is 2. The van der Waals surface area contributed by atoms with Crippen LogP contribution in [0.1, 0.15) is 61.0 Å². The molecule has 278 valence electrons. The van der Waals surface area contributed by atoms with E-state index in [-0.39, 0.29) is 30.4 Å². The van der Waals surface area contributed by atoms with Crippen molar-refractivity contribution in [1.29, 1.82) is 0 Å². The summed E-state index contributed by atoms with van der Waals surface area (Å²) >= 11 is 0. The Morgan fingerprint density at radius 3 is 1.74 bits per heavy atom. The van der Waals surface area contributed by atoms with E-state index < -0.39 is 18.2 Å². The summed E-state index contributed by atoms with van der Waals surface area (Å²) in [6.07, 6.45) is 5.48. The second-order valence-corrected chi connectivity index (χ2v) is 13.3. The number of H-pyrrole nitrogens is 2. The van der Waals surface area contributed by atoms with Gasteiger partial charge in [0.1, 0.15) is 24.2 Å². The topological polar surface area (TPSA) is 175 Å². The number of carbonyl (C=O) groups excluding carboxylic acids is 4. The summed E-state index contributed by atoms with van der Waals surface area (Å²) in [5.41, 5.74) is 6.41. The van der Waals surface area contributed by atoms with Crippen molar-refractivity contribution in [3.05, 3.63) is 108 Å². The summed E-state index contributed by atoms with van der Waals surface area (Å²) in [4.78, 5) is 69.9. The average molecular weight is 731 g/mol. The second-order valence-electron chi connectivity index (χ2n) is 13.3. The van der Waals surface area contributed by atoms with Crippen molar-refractivity contribution in [3.8, 4) is 33.6 Å². The predicted octanol–water partition coefficient (Wildman–Crippen LogP) is 5.91. The number of nitrogens with one attached hydrogen (secondary N) is 4. The molecule has 54 heavy (non-hydrogen) atoms. The first-order valence-electron chi connectivity index (χ1n) is 17.9. The highest BCUT2D eigenvalue weighted by Crippen LogP contribution is 2.35. The van der Waals surface area contributed by atoms with Gasteiger partial charge < -0.3 is 39.9 Å². The van der Waals surface area contributed by atoms with E-state index in [0.29, 0.717) is 24.5 Å². The third-order valence-electron chi connectivity index (χ3n) is 10.1. The van der Waals surface area contributed by atoms with E-state index in [1.165, 1.54) is 14.2 Å². The fourth-order valence-electron chi connectivity index (χ4n) is 7.25. The summed E-state index contributed by atoms with van der Waals surface area (Å²) in [7, 11) is 2.54. The van der Waals surface area contributed by atoms with Crippen LogP contribution in [0.4, 0.5) is 9.59 Å². The van der Waals surface area contributed by atoms with E-state index in [2.05, 4.69) is 59.6 Å². The van der Waals surface area contributed by atoms with Crippen LogP contribution in [0.25, 0.3) is 33.6 Å². The summed E-state index contributed by atoms with van der Waals surface area (Å²) in [6.45, 7) is 1.03. The molecule has 0 spiro atoms. The predicted molar refractivity (Wildman–Crippen MR) is 200 cm³/mol. The maximum atomic E-state index is 13.8. The molecular formula is C40H42N8O6. The number of alkyl carbamates (subject to hydrolysis) is 2. The van der Waals surface area contributed by atoms with E-state index >= 15 is 0 Å². The molecule has 0 aliphatic carbocycles. The van der Waals surface area contributed by atoms with Gasteiger partial charge in [-0.25, -0.2) is 19.6 Å². The third-order valence-corrected chi connectivity index (χ3v) is 10.1. The molecule has 4 N–H and O–H groups in total. The Kier molecular flexibility index (Phi) is 10.7. The lowest BCUT2D eigenvalue weighted by Gasteiger charge is -2.28. The van der Waals surface area contributed by atoms with Crippen LogP contribution in [-0.4, -0.2) is 87.6 Å². The minimum atomic E-state index is -0.878. The summed E-state index contributed by atoms with van der Waals surface area (Å²) in [6, 6.07) is 24.3. The largest absolute Gasteiger partial charge is 0.453 e. The number of rotatable bonds is 10. The van der Waals surface area contributed by atoms with Crippen molar-refractivity contribution in [2.75, 3.05) is 33.9 Å². The lowest BCUT2D eigenvalue weighted by atomic mass is 10.0. The molecule has 14 nitrogen and oxygen atoms in total. The molecule has 7 rings (SSSR count). The molecule has 2 aliphatic rings. The first-order valence-corrected chi connectivity index (χ1v) is 17.9. The smallest absolute Gasteiger partial charge is 0.407 e. The van der Waals surface area contributed by atoms with Gasteiger partial charge >= 0.3 is 12.2 Å². The average Bonchev–Trinajstić information content (AvgIpc) is 4.06. The van der Waals surface area contributed by atoms with Gasteiger partial charge in [-0.15, -0.1) is 0 Å². The van der Waals surface area contributed by atoms with E-state index in [1.807, 2.05) is 54.6 Å². The Morgan fingerprint density at radius 1 is 0.704 bits per heavy atom. The molecule has 5 aromatic rings. The van der Waals surface area contributed by atoms with Crippen molar-refractivity contribution in [3.63, 3.8) is 0 Å². The fourth-order valence-corrected chi connectivity index (χ4v) is 7.25. The van der Waals surface area contributed by atoms with Gasteiger partial charge in [-0.05, 0) is 53.5 Å². The second kappa shape index (κ2) is 16.1. The highest BCUT2D eigenvalue weighted by Gasteiger charge is 2.37. The number of ether oxygens (including phenoxy) is 2. The van der Waals surface area contributed by atoms with Crippen LogP contribution in [-0.2, 0) is 19.1 Å². The van der Waals surface area contributed by atoms with Crippen LogP contribution in [0.3, 0.4) is 0 Å². The molecule has 0 saturated carbocycles. The molecular weight excluding hydrogens is 688 g/mol. The molecule has 3 atom stereocenters. The molecule has 0 radical (unpaired) electrons. The normalized spacial score (nSPS) is 17.2. The Balaban J connectivity index is 1.00. The zero-order chi connectivity index (χ0) is 37.6. The summed E-state index contributed by atoms with van der Waals surface area (Å²) in [5.74, 6) is 1.02. The Morgan fingerprint density at radius 2 is 1.20 bits per heavy atom. The van der Waals surface area contributed by atoms with Gasteiger partial charge in [0.2, 0.25) is 5.91 Å². The molecule has 2 aromatic heterocycles. The number of hydrogen-bond acceptors (Lipinski definition) is 8. The van der Waals surface area contributed by atoms with Crippen molar-refractivity contribution < 1.29 is 28.7 Å². The van der Waals surface area contributed by atoms with Gasteiger partial charge in [0, 0.05) is 13.1 Å². The van der Waals surface area contributed by atoms with Crippen LogP contribution in [0.5, 0.6) is 0 Å². The standard InChI is InChI=1S/C40H42N8O6/c1-53-39(51)43-24-34(49)47-20-6-10-32(47)36-41-22-30(44-36)27-16-12-25(13-17-27)26-14-18-28(19-15-26)31-23-42-37(45-31)33-11-7-21-48(33)38(50)35(46-40(52)54-2)29-8-4-3-5-9-29/h3-5,8-9,12-19,22-23,32-33,35H,6-7,10-11,20-21,24H2,1-2H3,(H,41,44)(H,42,45)(H,43,51)(H,46,52)/t32-,33-,35+/m0/s1. The lowest BCUT2D eigenvalue weighted by molar-refractivity contribution is -0.134. The molecule has 4 amide bonds. The number of aromatic nitrogens is 4. The van der Waals surface area contributed by atoms with Gasteiger partial charge in [0.25, 0.3) is 5.91 Å². The van der Waals surface area contributed by atoms with Gasteiger partial charge in [-0.3, -0.25) is 9.59 Å². The van der Waals surface area contributed by atoms with Crippen LogP contribution < -0.4 is 10.6 Å². The third kappa shape index (κ3) is 7.68. The highest BCUT2D eigenvalue weighted by atomic mass is 16.5. The minimum Gasteiger partial charge on any atom is -0.453 e. The minimum absolute atomic E-state index is 0.127. The fraction of sp³-hybridized carbons (Fsp3) is 0.300. The molecule has 3 aromatic carbocycles. The van der Waals surface area contributed by atoms with Gasteiger partial charge in [-0.1, -0.05) is 78.9 Å². The van der Waals surface area contributed by atoms with Crippen molar-refractivity contribution in [1.82, 2.24) is 40.4 Å². The number of imidazole rings is 2. The Hall–Kier alpha value is -6.44. The monoisotopic (exact) mass is 730 g/mol. The van der Waals surface area contributed by atoms with E-state index in [4.69, 9.17) is 4.74 Å². The zero-order valence-electron chi connectivity index (χ0n) is 30.1. The highest BCUT2D eigenvalue weighted by molar-refractivity contribution is 5.87. The first kappa shape index (κ1) is 35.9. The van der Waals surface area contributed by atoms with Gasteiger partial charge in [0.05, 0.1) is 50.1 Å². The number of nitrogens with zero attached hydrogens (tertiary/aromatic N) is 4. The first-order chi connectivity index (χ1) is 26.3. The van der Waals surface area contributed by atoms with Crippen LogP contribution in [0, 0.1) is 0 Å². The van der Waals surface area contributed by atoms with Crippen molar-refractivity contribution in [2.45, 2.75) is 43.8 Å². The quantitative estimate of drug-likeness (QED) is 0.137. The zero-order valence-corrected chi connectivity index (χ0v) is 30.1. The molecule has 2 fully saturated rings. The lowest BCUT2D eigenvalue weighted by Crippen LogP contribution is -2.42. The van der Waals surface area contributed by atoms with Crippen LogP contribution in [0.15, 0.2) is 91.3 Å². The van der Waals surface area contributed by atoms with Crippen LogP contribution in [0.2, 0.25) is 0 Å². The van der Waals surface area contributed by atoms with E-state index in [1.54, 1.807) is 22.2 Å². The van der Waals surface area contributed by atoms with Crippen molar-refractivity contribution >= 4 is 24.0 Å². The Bertz CT molecular complexity index is 2100. The molecule has 2 aliphatic heterocycles. The van der Waals surface area contributed by atoms with Gasteiger partial charge in [-0.2, -0.15) is 0 Å². The maximum Gasteiger partial charge on any atom is 0.407 e. The molecule has 0 unspecified atom stereocenters.